The second-order valence-electron chi connectivity index (χ2n) is 5.10. The molecule has 0 atom stereocenters. The lowest BCUT2D eigenvalue weighted by Gasteiger charge is -2.23. The zero-order valence-electron chi connectivity index (χ0n) is 12.6. The molecule has 8 heteroatoms. The van der Waals surface area contributed by atoms with Gasteiger partial charge in [-0.1, -0.05) is 17.7 Å². The van der Waals surface area contributed by atoms with Crippen molar-refractivity contribution in [3.05, 3.63) is 29.8 Å². The Kier molecular flexibility index (Phi) is 11.8. The largest absolute Gasteiger partial charge is 1.00 e. The highest BCUT2D eigenvalue weighted by Crippen LogP contribution is 2.13. The van der Waals surface area contributed by atoms with Gasteiger partial charge in [-0.05, 0) is 19.1 Å². The third kappa shape index (κ3) is 8.73. The lowest BCUT2D eigenvalue weighted by Crippen LogP contribution is -3.00. The summed E-state index contributed by atoms with van der Waals surface area (Å²) in [5.41, 5.74) is 1.02. The van der Waals surface area contributed by atoms with Gasteiger partial charge in [0, 0.05) is 0 Å². The molecule has 0 aliphatic carbocycles. The van der Waals surface area contributed by atoms with Gasteiger partial charge >= 0.3 is 0 Å². The second kappa shape index (κ2) is 9.55. The smallest absolute Gasteiger partial charge is 0.297 e. The molecule has 0 fully saturated rings. The van der Waals surface area contributed by atoms with E-state index < -0.39 is 10.1 Å². The van der Waals surface area contributed by atoms with Gasteiger partial charge in [-0.3, -0.25) is 4.18 Å². The molecular formula is C12H24Cl2N2O3S. The van der Waals surface area contributed by atoms with E-state index in [4.69, 9.17) is 4.18 Å². The van der Waals surface area contributed by atoms with E-state index in [-0.39, 0.29) is 42.5 Å². The fourth-order valence-corrected chi connectivity index (χ4v) is 2.09. The normalized spacial score (nSPS) is 10.8. The molecule has 0 spiro atoms. The molecule has 20 heavy (non-hydrogen) atoms. The van der Waals surface area contributed by atoms with Crippen LogP contribution in [0.1, 0.15) is 5.56 Å². The predicted octanol–water partition coefficient (Wildman–Crippen LogP) is -4.21. The number of halogens is 2. The van der Waals surface area contributed by atoms with Crippen LogP contribution in [0.3, 0.4) is 0 Å². The van der Waals surface area contributed by atoms with Crippen molar-refractivity contribution < 1.29 is 41.9 Å². The van der Waals surface area contributed by atoms with E-state index in [1.54, 1.807) is 24.3 Å². The van der Waals surface area contributed by atoms with Crippen LogP contribution in [0.5, 0.6) is 0 Å². The van der Waals surface area contributed by atoms with Gasteiger partial charge < -0.3 is 35.4 Å². The number of hydrogen-bond donors (Lipinski definition) is 1. The van der Waals surface area contributed by atoms with Crippen LogP contribution in [0.15, 0.2) is 29.2 Å². The van der Waals surface area contributed by atoms with E-state index in [1.165, 1.54) is 0 Å². The van der Waals surface area contributed by atoms with Crippen LogP contribution in [0.2, 0.25) is 0 Å². The van der Waals surface area contributed by atoms with Crippen LogP contribution < -0.4 is 31.0 Å². The summed E-state index contributed by atoms with van der Waals surface area (Å²) in [7, 11) is 2.35. The molecule has 120 valence electrons. The van der Waals surface area contributed by atoms with Gasteiger partial charge in [0.2, 0.25) is 0 Å². The van der Waals surface area contributed by atoms with Gasteiger partial charge in [0.15, 0.2) is 0 Å². The molecule has 0 aliphatic rings. The van der Waals surface area contributed by atoms with E-state index in [0.29, 0.717) is 11.0 Å². The molecule has 0 radical (unpaired) electrons. The van der Waals surface area contributed by atoms with Crippen LogP contribution in [0.4, 0.5) is 0 Å². The van der Waals surface area contributed by atoms with Crippen molar-refractivity contribution in [1.82, 2.24) is 6.15 Å². The zero-order chi connectivity index (χ0) is 13.1. The highest BCUT2D eigenvalue weighted by Gasteiger charge is 2.16. The van der Waals surface area contributed by atoms with Crippen molar-refractivity contribution in [1.29, 1.82) is 0 Å². The predicted molar refractivity (Wildman–Crippen MR) is 73.2 cm³/mol. The summed E-state index contributed by atoms with van der Waals surface area (Å²) in [6.07, 6.45) is 0. The standard InChI is InChI=1S/C12H20NO3S.2ClH.H3N/c1-11-5-7-12(8-6-11)17(14,15)16-10-9-13(2,3)4;;;/h5-8H,9-10H2,1-4H3;2*1H;1H3/q+1;;;/p-1. The first-order valence-corrected chi connectivity index (χ1v) is 6.88. The van der Waals surface area contributed by atoms with Gasteiger partial charge in [-0.2, -0.15) is 8.42 Å². The molecule has 1 aromatic carbocycles. The Morgan fingerprint density at radius 3 is 1.90 bits per heavy atom. The molecule has 1 aromatic rings. The quantitative estimate of drug-likeness (QED) is 0.433. The van der Waals surface area contributed by atoms with Crippen molar-refractivity contribution in [2.45, 2.75) is 11.8 Å². The van der Waals surface area contributed by atoms with E-state index in [9.17, 15) is 8.42 Å². The molecule has 0 saturated carbocycles. The summed E-state index contributed by atoms with van der Waals surface area (Å²) in [5, 5.41) is 0. The van der Waals surface area contributed by atoms with Crippen LogP contribution in [0.25, 0.3) is 0 Å². The van der Waals surface area contributed by atoms with Crippen LogP contribution in [0, 0.1) is 6.92 Å². The first-order valence-electron chi connectivity index (χ1n) is 5.47. The van der Waals surface area contributed by atoms with Gasteiger partial charge in [-0.25, -0.2) is 0 Å². The van der Waals surface area contributed by atoms with Gasteiger partial charge in [-0.15, -0.1) is 0 Å². The summed E-state index contributed by atoms with van der Waals surface area (Å²) in [5.74, 6) is 0. The minimum Gasteiger partial charge on any atom is -1.00 e. The molecule has 0 aliphatic heterocycles. The molecule has 0 aromatic heterocycles. The lowest BCUT2D eigenvalue weighted by atomic mass is 10.2. The van der Waals surface area contributed by atoms with Crippen molar-refractivity contribution in [3.63, 3.8) is 0 Å². The highest BCUT2D eigenvalue weighted by atomic mass is 35.5. The number of nitrogens with zero attached hydrogens (tertiary/aromatic N) is 1. The minimum absolute atomic E-state index is 0. The molecule has 4 N–H and O–H groups in total. The highest BCUT2D eigenvalue weighted by molar-refractivity contribution is 7.86. The summed E-state index contributed by atoms with van der Waals surface area (Å²) in [6, 6.07) is 6.65. The number of likely N-dealkylation sites (N-methyl/N-ethyl adjacent to an activating group) is 1. The Morgan fingerprint density at radius 1 is 1.05 bits per heavy atom. The Hall–Kier alpha value is -0.370. The molecule has 0 saturated heterocycles. The molecular weight excluding hydrogens is 323 g/mol. The van der Waals surface area contributed by atoms with E-state index >= 15 is 0 Å². The summed E-state index contributed by atoms with van der Waals surface area (Å²) < 4.78 is 29.3. The van der Waals surface area contributed by atoms with E-state index in [0.717, 1.165) is 5.56 Å². The van der Waals surface area contributed by atoms with Crippen LogP contribution in [-0.4, -0.2) is 47.2 Å². The molecule has 0 unspecified atom stereocenters. The maximum absolute atomic E-state index is 11.8. The van der Waals surface area contributed by atoms with Gasteiger partial charge in [0.05, 0.1) is 26.0 Å². The Bertz CT molecular complexity index is 470. The average Bonchev–Trinajstić information content (AvgIpc) is 2.15. The first kappa shape index (κ1) is 24.6. The van der Waals surface area contributed by atoms with Crippen molar-refractivity contribution >= 4 is 10.1 Å². The van der Waals surface area contributed by atoms with E-state index in [1.807, 2.05) is 28.1 Å². The topological polar surface area (TPSA) is 79.9 Å². The number of quaternary nitrogens is 2. The van der Waals surface area contributed by atoms with Crippen molar-refractivity contribution in [2.75, 3.05) is 34.3 Å². The number of hydrogen-bond acceptors (Lipinski definition) is 3. The molecule has 1 rings (SSSR count). The monoisotopic (exact) mass is 346 g/mol. The summed E-state index contributed by atoms with van der Waals surface area (Å²) in [6.45, 7) is 2.75. The number of aryl methyl sites for hydroxylation is 1. The van der Waals surface area contributed by atoms with Crippen molar-refractivity contribution in [3.8, 4) is 0 Å². The fourth-order valence-electron chi connectivity index (χ4n) is 1.19. The molecule has 0 bridgehead atoms. The molecule has 0 amide bonds. The Morgan fingerprint density at radius 2 is 1.50 bits per heavy atom. The zero-order valence-corrected chi connectivity index (χ0v) is 14.9. The van der Waals surface area contributed by atoms with Crippen LogP contribution in [-0.2, 0) is 14.3 Å². The van der Waals surface area contributed by atoms with Crippen LogP contribution >= 0.6 is 0 Å². The summed E-state index contributed by atoms with van der Waals surface area (Å²) >= 11 is 0. The first-order chi connectivity index (χ1) is 7.71. The Labute approximate surface area is 134 Å². The fraction of sp³-hybridized carbons (Fsp3) is 0.500. The summed E-state index contributed by atoms with van der Waals surface area (Å²) in [4.78, 5) is 0.213. The molecule has 0 heterocycles. The van der Waals surface area contributed by atoms with Gasteiger partial charge in [0.25, 0.3) is 10.1 Å². The number of rotatable bonds is 5. The average molecular weight is 347 g/mol. The third-order valence-corrected chi connectivity index (χ3v) is 3.64. The lowest BCUT2D eigenvalue weighted by molar-refractivity contribution is -0.870. The SMILES string of the molecule is Cc1ccc(S(=O)(=O)OCC[N+](C)(C)C)cc1.[Cl-].[Cl-].[NH4+]. The maximum atomic E-state index is 11.8. The maximum Gasteiger partial charge on any atom is 0.297 e. The Balaban J connectivity index is -0.000000963. The molecule has 5 nitrogen and oxygen atoms in total. The number of benzene rings is 1. The minimum atomic E-state index is -3.61. The third-order valence-electron chi connectivity index (χ3n) is 2.31. The second-order valence-corrected chi connectivity index (χ2v) is 6.72. The van der Waals surface area contributed by atoms with Gasteiger partial charge in [0.1, 0.15) is 13.2 Å². The van der Waals surface area contributed by atoms with Crippen molar-refractivity contribution in [2.24, 2.45) is 0 Å². The van der Waals surface area contributed by atoms with E-state index in [2.05, 4.69) is 0 Å².